The molecule has 1 spiro atoms. The lowest BCUT2D eigenvalue weighted by Crippen LogP contribution is -2.42. The van der Waals surface area contributed by atoms with Gasteiger partial charge in [0, 0.05) is 17.3 Å². The summed E-state index contributed by atoms with van der Waals surface area (Å²) in [4.78, 5) is 15.1. The molecule has 3 aromatic rings. The molecule has 0 bridgehead atoms. The number of rotatable bonds is 2. The Balaban J connectivity index is 1.66. The van der Waals surface area contributed by atoms with Crippen LogP contribution >= 0.6 is 0 Å². The van der Waals surface area contributed by atoms with E-state index >= 15 is 0 Å². The van der Waals surface area contributed by atoms with Crippen molar-refractivity contribution in [1.29, 1.82) is 5.26 Å². The summed E-state index contributed by atoms with van der Waals surface area (Å²) in [5, 5.41) is 19.4. The van der Waals surface area contributed by atoms with E-state index in [0.717, 1.165) is 6.07 Å². The fourth-order valence-electron chi connectivity index (χ4n) is 4.56. The van der Waals surface area contributed by atoms with Gasteiger partial charge < -0.3 is 14.7 Å². The van der Waals surface area contributed by atoms with E-state index in [1.54, 1.807) is 24.3 Å². The molecule has 0 saturated heterocycles. The maximum Gasteiger partial charge on any atom is 0.416 e. The van der Waals surface area contributed by atoms with E-state index in [2.05, 4.69) is 0 Å². The number of anilines is 1. The van der Waals surface area contributed by atoms with E-state index in [1.165, 1.54) is 35.2 Å². The fourth-order valence-corrected chi connectivity index (χ4v) is 4.56. The van der Waals surface area contributed by atoms with Gasteiger partial charge in [0.05, 0.1) is 17.7 Å². The number of hydrogen-bond donors (Lipinski definition) is 1. The van der Waals surface area contributed by atoms with E-state index in [4.69, 9.17) is 4.74 Å². The monoisotopic (exact) mass is 436 g/mol. The molecule has 8 heteroatoms. The Bertz CT molecular complexity index is 1310. The van der Waals surface area contributed by atoms with Crippen molar-refractivity contribution in [3.05, 3.63) is 88.5 Å². The molecule has 0 fully saturated rings. The molecular weight excluding hydrogens is 421 g/mol. The first-order chi connectivity index (χ1) is 15.3. The van der Waals surface area contributed by atoms with E-state index < -0.39 is 23.1 Å². The van der Waals surface area contributed by atoms with Crippen molar-refractivity contribution in [3.8, 4) is 17.6 Å². The van der Waals surface area contributed by atoms with Crippen LogP contribution in [0.1, 0.15) is 27.8 Å². The lowest BCUT2D eigenvalue weighted by Gasteiger charge is -2.24. The molecule has 0 saturated carbocycles. The summed E-state index contributed by atoms with van der Waals surface area (Å²) in [6.07, 6.45) is -4.56. The van der Waals surface area contributed by atoms with Gasteiger partial charge in [-0.3, -0.25) is 4.79 Å². The molecule has 160 valence electrons. The number of hydrogen-bond acceptors (Lipinski definition) is 4. The molecule has 1 amide bonds. The van der Waals surface area contributed by atoms with Crippen molar-refractivity contribution >= 4 is 11.6 Å². The predicted octanol–water partition coefficient (Wildman–Crippen LogP) is 4.51. The van der Waals surface area contributed by atoms with Crippen LogP contribution in [0.3, 0.4) is 0 Å². The van der Waals surface area contributed by atoms with Crippen LogP contribution in [-0.4, -0.2) is 17.6 Å². The third-order valence-electron chi connectivity index (χ3n) is 6.04. The van der Waals surface area contributed by atoms with Gasteiger partial charge in [-0.05, 0) is 29.3 Å². The highest BCUT2D eigenvalue weighted by atomic mass is 19.4. The molecule has 3 aromatic carbocycles. The van der Waals surface area contributed by atoms with E-state index in [0.29, 0.717) is 16.8 Å². The van der Waals surface area contributed by atoms with Crippen molar-refractivity contribution < 1.29 is 27.8 Å². The number of aromatic hydroxyl groups is 1. The standard InChI is InChI=1S/C24H15F3N2O3/c25-24(26,27)16-6-2-1-5-14(16)12-29-19-8-4-3-7-17(19)23(22(29)31)13-32-21-10-20(30)15(11-28)9-18(21)23/h1-10,30H,12-13H2. The summed E-state index contributed by atoms with van der Waals surface area (Å²) in [5.74, 6) is -0.441. The van der Waals surface area contributed by atoms with Gasteiger partial charge in [-0.1, -0.05) is 36.4 Å². The average molecular weight is 436 g/mol. The first-order valence-corrected chi connectivity index (χ1v) is 9.74. The number of phenols is 1. The Hall–Kier alpha value is -3.99. The summed E-state index contributed by atoms with van der Waals surface area (Å²) in [5.41, 5.74) is -0.664. The van der Waals surface area contributed by atoms with Gasteiger partial charge in [-0.2, -0.15) is 18.4 Å². The van der Waals surface area contributed by atoms with Crippen molar-refractivity contribution in [2.75, 3.05) is 11.5 Å². The molecule has 1 N–H and O–H groups in total. The van der Waals surface area contributed by atoms with Gasteiger partial charge in [-0.15, -0.1) is 0 Å². The van der Waals surface area contributed by atoms with Crippen LogP contribution in [0.5, 0.6) is 11.5 Å². The molecule has 2 heterocycles. The normalized spacial score (nSPS) is 18.9. The Labute approximate surface area is 180 Å². The number of carbonyl (C=O) groups is 1. The van der Waals surface area contributed by atoms with Gasteiger partial charge in [0.1, 0.15) is 29.6 Å². The number of para-hydroxylation sites is 1. The Morgan fingerprint density at radius 1 is 1.09 bits per heavy atom. The van der Waals surface area contributed by atoms with Gasteiger partial charge in [0.25, 0.3) is 0 Å². The van der Waals surface area contributed by atoms with Gasteiger partial charge in [0.15, 0.2) is 0 Å². The average Bonchev–Trinajstić information content (AvgIpc) is 3.25. The maximum atomic E-state index is 13.8. The lowest BCUT2D eigenvalue weighted by atomic mass is 9.76. The smallest absolute Gasteiger partial charge is 0.416 e. The number of halogens is 3. The Morgan fingerprint density at radius 3 is 2.56 bits per heavy atom. The zero-order valence-corrected chi connectivity index (χ0v) is 16.5. The van der Waals surface area contributed by atoms with Gasteiger partial charge in [-0.25, -0.2) is 0 Å². The first kappa shape index (κ1) is 19.9. The second-order valence-corrected chi connectivity index (χ2v) is 7.73. The van der Waals surface area contributed by atoms with E-state index in [1.807, 2.05) is 6.07 Å². The zero-order valence-electron chi connectivity index (χ0n) is 16.5. The quantitative estimate of drug-likeness (QED) is 0.642. The minimum absolute atomic E-state index is 0.0141. The van der Waals surface area contributed by atoms with Crippen molar-refractivity contribution in [3.63, 3.8) is 0 Å². The molecule has 2 aliphatic heterocycles. The summed E-state index contributed by atoms with van der Waals surface area (Å²) in [7, 11) is 0. The van der Waals surface area contributed by atoms with Crippen molar-refractivity contribution in [2.24, 2.45) is 0 Å². The van der Waals surface area contributed by atoms with Gasteiger partial charge in [0.2, 0.25) is 5.91 Å². The molecule has 0 radical (unpaired) electrons. The third kappa shape index (κ3) is 2.67. The second kappa shape index (κ2) is 6.76. The zero-order chi connectivity index (χ0) is 22.7. The predicted molar refractivity (Wildman–Crippen MR) is 108 cm³/mol. The minimum atomic E-state index is -4.56. The molecule has 2 aliphatic rings. The molecule has 32 heavy (non-hydrogen) atoms. The highest BCUT2D eigenvalue weighted by Gasteiger charge is 2.57. The summed E-state index contributed by atoms with van der Waals surface area (Å²) in [6, 6.07) is 16.6. The second-order valence-electron chi connectivity index (χ2n) is 7.73. The highest BCUT2D eigenvalue weighted by molar-refractivity contribution is 6.11. The number of nitriles is 1. The minimum Gasteiger partial charge on any atom is -0.506 e. The number of phenolic OH excluding ortho intramolecular Hbond substituents is 1. The fraction of sp³-hybridized carbons (Fsp3) is 0.167. The number of carbonyl (C=O) groups excluding carboxylic acids is 1. The van der Waals surface area contributed by atoms with Crippen LogP contribution in [0.15, 0.2) is 60.7 Å². The van der Waals surface area contributed by atoms with Gasteiger partial charge >= 0.3 is 6.18 Å². The SMILES string of the molecule is N#Cc1cc2c(cc1O)OCC21C(=O)N(Cc2ccccc2C(F)(F)F)c2ccccc21. The number of nitrogens with zero attached hydrogens (tertiary/aromatic N) is 2. The topological polar surface area (TPSA) is 73.6 Å². The van der Waals surface area contributed by atoms with Crippen molar-refractivity contribution in [1.82, 2.24) is 0 Å². The molecular formula is C24H15F3N2O3. The van der Waals surface area contributed by atoms with Crippen LogP contribution in [0, 0.1) is 11.3 Å². The van der Waals surface area contributed by atoms with Crippen LogP contribution in [-0.2, 0) is 22.9 Å². The summed E-state index contributed by atoms with van der Waals surface area (Å²) >= 11 is 0. The third-order valence-corrected chi connectivity index (χ3v) is 6.04. The number of benzene rings is 3. The number of amides is 1. The van der Waals surface area contributed by atoms with Crippen LogP contribution in [0.4, 0.5) is 18.9 Å². The summed E-state index contributed by atoms with van der Waals surface area (Å²) in [6.45, 7) is -0.351. The van der Waals surface area contributed by atoms with Crippen LogP contribution in [0.2, 0.25) is 0 Å². The maximum absolute atomic E-state index is 13.8. The molecule has 0 aromatic heterocycles. The molecule has 1 unspecified atom stereocenters. The number of fused-ring (bicyclic) bond motifs is 4. The summed E-state index contributed by atoms with van der Waals surface area (Å²) < 4.78 is 46.4. The van der Waals surface area contributed by atoms with Crippen LogP contribution < -0.4 is 9.64 Å². The van der Waals surface area contributed by atoms with Crippen LogP contribution in [0.25, 0.3) is 0 Å². The first-order valence-electron chi connectivity index (χ1n) is 9.74. The Kier molecular flexibility index (Phi) is 4.21. The van der Waals surface area contributed by atoms with E-state index in [-0.39, 0.29) is 35.8 Å². The largest absolute Gasteiger partial charge is 0.506 e. The molecule has 1 atom stereocenters. The number of alkyl halides is 3. The highest BCUT2D eigenvalue weighted by Crippen LogP contribution is 2.53. The Morgan fingerprint density at radius 2 is 1.81 bits per heavy atom. The lowest BCUT2D eigenvalue weighted by molar-refractivity contribution is -0.138. The van der Waals surface area contributed by atoms with Crippen molar-refractivity contribution in [2.45, 2.75) is 18.1 Å². The number of ether oxygens (including phenoxy) is 1. The molecule has 5 nitrogen and oxygen atoms in total. The molecule has 0 aliphatic carbocycles. The molecule has 5 rings (SSSR count). The van der Waals surface area contributed by atoms with E-state index in [9.17, 15) is 28.3 Å².